The zero-order chi connectivity index (χ0) is 14.8. The largest absolute Gasteiger partial charge is 0.389 e. The van der Waals surface area contributed by atoms with E-state index in [4.69, 9.17) is 9.47 Å². The summed E-state index contributed by atoms with van der Waals surface area (Å²) in [5.74, 6) is 0. The standard InChI is InChI=1S/C15H24BrNO3/c1-3-19-7-8-20-11-15(18)10-17-12(2)13-5-4-6-14(16)9-13/h4-6,9,12,15,17-18H,3,7-8,10-11H2,1-2H3/t12-,15?/m0/s1. The molecular formula is C15H24BrNO3. The Labute approximate surface area is 129 Å². The van der Waals surface area contributed by atoms with E-state index in [1.54, 1.807) is 0 Å². The number of ether oxygens (including phenoxy) is 2. The van der Waals surface area contributed by atoms with Gasteiger partial charge in [-0.3, -0.25) is 0 Å². The van der Waals surface area contributed by atoms with E-state index in [9.17, 15) is 5.11 Å². The van der Waals surface area contributed by atoms with Crippen LogP contribution >= 0.6 is 15.9 Å². The summed E-state index contributed by atoms with van der Waals surface area (Å²) in [4.78, 5) is 0. The van der Waals surface area contributed by atoms with Gasteiger partial charge in [0.25, 0.3) is 0 Å². The van der Waals surface area contributed by atoms with Gasteiger partial charge in [-0.15, -0.1) is 0 Å². The molecule has 1 aromatic rings. The topological polar surface area (TPSA) is 50.7 Å². The van der Waals surface area contributed by atoms with E-state index in [1.807, 2.05) is 19.1 Å². The minimum absolute atomic E-state index is 0.186. The first-order chi connectivity index (χ1) is 9.63. The molecule has 2 N–H and O–H groups in total. The summed E-state index contributed by atoms with van der Waals surface area (Å²) in [6.45, 7) is 6.63. The molecule has 1 aromatic carbocycles. The van der Waals surface area contributed by atoms with Crippen molar-refractivity contribution in [2.24, 2.45) is 0 Å². The average molecular weight is 346 g/mol. The number of halogens is 1. The molecule has 0 fully saturated rings. The highest BCUT2D eigenvalue weighted by atomic mass is 79.9. The number of rotatable bonds is 10. The van der Waals surface area contributed by atoms with Crippen LogP contribution in [0.25, 0.3) is 0 Å². The van der Waals surface area contributed by atoms with Gasteiger partial charge in [-0.2, -0.15) is 0 Å². The number of benzene rings is 1. The van der Waals surface area contributed by atoms with Crippen LogP contribution in [0, 0.1) is 0 Å². The molecule has 0 saturated carbocycles. The van der Waals surface area contributed by atoms with E-state index in [2.05, 4.69) is 40.3 Å². The van der Waals surface area contributed by atoms with E-state index in [0.717, 1.165) is 4.47 Å². The van der Waals surface area contributed by atoms with E-state index >= 15 is 0 Å². The molecule has 0 amide bonds. The van der Waals surface area contributed by atoms with E-state index < -0.39 is 6.10 Å². The van der Waals surface area contributed by atoms with Crippen LogP contribution in [-0.4, -0.2) is 44.2 Å². The van der Waals surface area contributed by atoms with Gasteiger partial charge in [-0.1, -0.05) is 28.1 Å². The quantitative estimate of drug-likeness (QED) is 0.639. The Balaban J connectivity index is 2.18. The smallest absolute Gasteiger partial charge is 0.0897 e. The molecule has 20 heavy (non-hydrogen) atoms. The van der Waals surface area contributed by atoms with Crippen molar-refractivity contribution in [3.8, 4) is 0 Å². The van der Waals surface area contributed by atoms with Gasteiger partial charge >= 0.3 is 0 Å². The van der Waals surface area contributed by atoms with Gasteiger partial charge in [-0.05, 0) is 31.5 Å². The zero-order valence-corrected chi connectivity index (χ0v) is 13.7. The van der Waals surface area contributed by atoms with E-state index in [-0.39, 0.29) is 6.04 Å². The van der Waals surface area contributed by atoms with Gasteiger partial charge in [0.2, 0.25) is 0 Å². The summed E-state index contributed by atoms with van der Waals surface area (Å²) < 4.78 is 11.5. The molecular weight excluding hydrogens is 322 g/mol. The van der Waals surface area contributed by atoms with Gasteiger partial charge in [0.05, 0.1) is 25.9 Å². The Hall–Kier alpha value is -0.460. The maximum atomic E-state index is 9.82. The molecule has 0 aromatic heterocycles. The zero-order valence-electron chi connectivity index (χ0n) is 12.1. The molecule has 0 aliphatic rings. The molecule has 0 heterocycles. The molecule has 4 nitrogen and oxygen atoms in total. The predicted octanol–water partition coefficient (Wildman–Crippen LogP) is 2.51. The molecule has 0 spiro atoms. The van der Waals surface area contributed by atoms with Crippen LogP contribution in [0.4, 0.5) is 0 Å². The molecule has 1 unspecified atom stereocenters. The van der Waals surface area contributed by atoms with Crippen LogP contribution < -0.4 is 5.32 Å². The molecule has 0 aliphatic heterocycles. The molecule has 0 radical (unpaired) electrons. The molecule has 1 rings (SSSR count). The summed E-state index contributed by atoms with van der Waals surface area (Å²) in [6.07, 6.45) is -0.508. The average Bonchev–Trinajstić information content (AvgIpc) is 2.44. The van der Waals surface area contributed by atoms with Crippen molar-refractivity contribution in [2.45, 2.75) is 26.0 Å². The summed E-state index contributed by atoms with van der Waals surface area (Å²) in [5.41, 5.74) is 1.18. The number of aliphatic hydroxyl groups is 1. The summed E-state index contributed by atoms with van der Waals surface area (Å²) in [5, 5.41) is 13.1. The highest BCUT2D eigenvalue weighted by Gasteiger charge is 2.09. The van der Waals surface area contributed by atoms with Gasteiger partial charge in [0.15, 0.2) is 0 Å². The second-order valence-corrected chi connectivity index (χ2v) is 5.53. The molecule has 0 bridgehead atoms. The van der Waals surface area contributed by atoms with Crippen molar-refractivity contribution in [2.75, 3.05) is 33.0 Å². The van der Waals surface area contributed by atoms with Crippen molar-refractivity contribution < 1.29 is 14.6 Å². The monoisotopic (exact) mass is 345 g/mol. The Morgan fingerprint density at radius 3 is 2.75 bits per heavy atom. The number of hydrogen-bond donors (Lipinski definition) is 2. The van der Waals surface area contributed by atoms with E-state index in [0.29, 0.717) is 33.0 Å². The van der Waals surface area contributed by atoms with Gasteiger partial charge in [-0.25, -0.2) is 0 Å². The van der Waals surface area contributed by atoms with Crippen molar-refractivity contribution in [1.29, 1.82) is 0 Å². The lowest BCUT2D eigenvalue weighted by molar-refractivity contribution is 0.00586. The van der Waals surface area contributed by atoms with Crippen LogP contribution in [0.3, 0.4) is 0 Å². The van der Waals surface area contributed by atoms with Crippen molar-refractivity contribution in [1.82, 2.24) is 5.32 Å². The van der Waals surface area contributed by atoms with Gasteiger partial charge in [0.1, 0.15) is 0 Å². The highest BCUT2D eigenvalue weighted by molar-refractivity contribution is 9.10. The predicted molar refractivity (Wildman–Crippen MR) is 83.9 cm³/mol. The van der Waals surface area contributed by atoms with Crippen LogP contribution in [-0.2, 0) is 9.47 Å². The van der Waals surface area contributed by atoms with Crippen LogP contribution in [0.1, 0.15) is 25.5 Å². The van der Waals surface area contributed by atoms with Crippen molar-refractivity contribution in [3.05, 3.63) is 34.3 Å². The first kappa shape index (κ1) is 17.6. The van der Waals surface area contributed by atoms with Crippen molar-refractivity contribution >= 4 is 15.9 Å². The second kappa shape index (κ2) is 10.3. The van der Waals surface area contributed by atoms with Crippen LogP contribution in [0.15, 0.2) is 28.7 Å². The SMILES string of the molecule is CCOCCOCC(O)CN[C@@H](C)c1cccc(Br)c1. The van der Waals surface area contributed by atoms with Gasteiger partial charge in [0, 0.05) is 23.7 Å². The first-order valence-corrected chi connectivity index (χ1v) is 7.75. The third kappa shape index (κ3) is 7.36. The Morgan fingerprint density at radius 1 is 1.30 bits per heavy atom. The summed E-state index contributed by atoms with van der Waals surface area (Å²) in [7, 11) is 0. The fourth-order valence-corrected chi connectivity index (χ4v) is 2.16. The number of hydrogen-bond acceptors (Lipinski definition) is 4. The lowest BCUT2D eigenvalue weighted by Crippen LogP contribution is -2.32. The minimum Gasteiger partial charge on any atom is -0.389 e. The van der Waals surface area contributed by atoms with Gasteiger partial charge < -0.3 is 19.9 Å². The minimum atomic E-state index is -0.508. The normalized spacial score (nSPS) is 14.2. The lowest BCUT2D eigenvalue weighted by atomic mass is 10.1. The maximum Gasteiger partial charge on any atom is 0.0897 e. The highest BCUT2D eigenvalue weighted by Crippen LogP contribution is 2.17. The molecule has 5 heteroatoms. The third-order valence-corrected chi connectivity index (χ3v) is 3.39. The fraction of sp³-hybridized carbons (Fsp3) is 0.600. The van der Waals surface area contributed by atoms with Crippen LogP contribution in [0.5, 0.6) is 0 Å². The Kier molecular flexibility index (Phi) is 9.05. The number of aliphatic hydroxyl groups excluding tert-OH is 1. The number of nitrogens with one attached hydrogen (secondary N) is 1. The maximum absolute atomic E-state index is 9.82. The first-order valence-electron chi connectivity index (χ1n) is 6.96. The Bertz CT molecular complexity index is 376. The fourth-order valence-electron chi connectivity index (χ4n) is 1.75. The summed E-state index contributed by atoms with van der Waals surface area (Å²) >= 11 is 3.46. The summed E-state index contributed by atoms with van der Waals surface area (Å²) in [6, 6.07) is 8.32. The van der Waals surface area contributed by atoms with E-state index in [1.165, 1.54) is 5.56 Å². The molecule has 114 valence electrons. The van der Waals surface area contributed by atoms with Crippen molar-refractivity contribution in [3.63, 3.8) is 0 Å². The molecule has 0 saturated heterocycles. The second-order valence-electron chi connectivity index (χ2n) is 4.61. The Morgan fingerprint density at radius 2 is 2.05 bits per heavy atom. The van der Waals surface area contributed by atoms with Crippen LogP contribution in [0.2, 0.25) is 0 Å². The lowest BCUT2D eigenvalue weighted by Gasteiger charge is -2.18. The molecule has 2 atom stereocenters. The molecule has 0 aliphatic carbocycles. The third-order valence-electron chi connectivity index (χ3n) is 2.89.